The molecular weight excluding hydrogens is 406 g/mol. The minimum absolute atomic E-state index is 0.0346. The topological polar surface area (TPSA) is 44.7 Å². The zero-order valence-electron chi connectivity index (χ0n) is 19.6. The third kappa shape index (κ3) is 5.00. The third-order valence-corrected chi connectivity index (χ3v) is 6.49. The second kappa shape index (κ2) is 10.5. The Morgan fingerprint density at radius 3 is 1.97 bits per heavy atom. The number of hydrazone groups is 1. The SMILES string of the molecule is CCCN(CCC)c1ccc(C=NNC(=O)[C@H]2CC2(c2ccccc2)c2ccccc2)cc1. The number of amides is 1. The summed E-state index contributed by atoms with van der Waals surface area (Å²) in [4.78, 5) is 15.4. The van der Waals surface area contributed by atoms with Gasteiger partial charge >= 0.3 is 0 Å². The van der Waals surface area contributed by atoms with Gasteiger partial charge in [-0.2, -0.15) is 5.10 Å². The Bertz CT molecular complexity index is 1020. The van der Waals surface area contributed by atoms with E-state index in [-0.39, 0.29) is 17.2 Å². The normalized spacial score (nSPS) is 16.5. The summed E-state index contributed by atoms with van der Waals surface area (Å²) >= 11 is 0. The van der Waals surface area contributed by atoms with Gasteiger partial charge in [-0.1, -0.05) is 86.6 Å². The van der Waals surface area contributed by atoms with Crippen LogP contribution in [0.3, 0.4) is 0 Å². The van der Waals surface area contributed by atoms with Crippen LogP contribution in [0.5, 0.6) is 0 Å². The molecule has 0 saturated heterocycles. The van der Waals surface area contributed by atoms with E-state index in [2.05, 4.69) is 77.8 Å². The first-order valence-electron chi connectivity index (χ1n) is 12.0. The van der Waals surface area contributed by atoms with Crippen molar-refractivity contribution in [1.82, 2.24) is 5.43 Å². The van der Waals surface area contributed by atoms with Crippen molar-refractivity contribution in [2.24, 2.45) is 11.0 Å². The fraction of sp³-hybridized carbons (Fsp3) is 0.310. The average Bonchev–Trinajstić information content (AvgIpc) is 3.63. The molecule has 3 aromatic carbocycles. The predicted octanol–water partition coefficient (Wildman–Crippen LogP) is 5.77. The molecule has 1 N–H and O–H groups in total. The highest BCUT2D eigenvalue weighted by Crippen LogP contribution is 2.58. The van der Waals surface area contributed by atoms with E-state index in [1.54, 1.807) is 6.21 Å². The zero-order chi connectivity index (χ0) is 23.1. The van der Waals surface area contributed by atoms with Gasteiger partial charge in [0, 0.05) is 24.2 Å². The van der Waals surface area contributed by atoms with Gasteiger partial charge in [-0.15, -0.1) is 0 Å². The van der Waals surface area contributed by atoms with Crippen molar-refractivity contribution in [3.05, 3.63) is 102 Å². The van der Waals surface area contributed by atoms with E-state index < -0.39 is 0 Å². The third-order valence-electron chi connectivity index (χ3n) is 6.49. The van der Waals surface area contributed by atoms with Crippen molar-refractivity contribution < 1.29 is 4.79 Å². The first-order chi connectivity index (χ1) is 16.2. The van der Waals surface area contributed by atoms with Gasteiger partial charge in [0.15, 0.2) is 0 Å². The zero-order valence-corrected chi connectivity index (χ0v) is 19.6. The molecule has 0 bridgehead atoms. The van der Waals surface area contributed by atoms with Crippen molar-refractivity contribution in [3.8, 4) is 0 Å². The molecule has 0 spiro atoms. The highest BCUT2D eigenvalue weighted by Gasteiger charge is 2.60. The van der Waals surface area contributed by atoms with Gasteiger partial charge in [-0.05, 0) is 48.1 Å². The summed E-state index contributed by atoms with van der Waals surface area (Å²) in [5.74, 6) is -0.161. The van der Waals surface area contributed by atoms with Gasteiger partial charge in [-0.25, -0.2) is 5.43 Å². The molecule has 0 aromatic heterocycles. The van der Waals surface area contributed by atoms with E-state index in [0.717, 1.165) is 37.9 Å². The average molecular weight is 440 g/mol. The largest absolute Gasteiger partial charge is 0.372 e. The standard InChI is InChI=1S/C29H33N3O/c1-3-19-32(20-4-2)26-17-15-23(16-18-26)22-30-31-28(33)27-21-29(27,24-11-7-5-8-12-24)25-13-9-6-10-14-25/h5-18,22,27H,3-4,19-21H2,1-2H3,(H,31,33)/t27-/m1/s1. The van der Waals surface area contributed by atoms with Crippen LogP contribution in [0, 0.1) is 5.92 Å². The smallest absolute Gasteiger partial charge is 0.244 e. The molecule has 1 atom stereocenters. The predicted molar refractivity (Wildman–Crippen MR) is 137 cm³/mol. The van der Waals surface area contributed by atoms with Gasteiger partial charge in [0.2, 0.25) is 5.91 Å². The summed E-state index contributed by atoms with van der Waals surface area (Å²) in [7, 11) is 0. The minimum Gasteiger partial charge on any atom is -0.372 e. The fourth-order valence-corrected chi connectivity index (χ4v) is 4.78. The van der Waals surface area contributed by atoms with E-state index in [0.29, 0.717) is 0 Å². The quantitative estimate of drug-likeness (QED) is 0.322. The van der Waals surface area contributed by atoms with Crippen LogP contribution in [-0.2, 0) is 10.2 Å². The van der Waals surface area contributed by atoms with Gasteiger partial charge in [0.1, 0.15) is 0 Å². The molecule has 1 saturated carbocycles. The van der Waals surface area contributed by atoms with Crippen LogP contribution in [-0.4, -0.2) is 25.2 Å². The molecular formula is C29H33N3O. The summed E-state index contributed by atoms with van der Waals surface area (Å²) in [5, 5.41) is 4.26. The molecule has 1 amide bonds. The second-order valence-electron chi connectivity index (χ2n) is 8.77. The van der Waals surface area contributed by atoms with Crippen LogP contribution >= 0.6 is 0 Å². The van der Waals surface area contributed by atoms with Crippen LogP contribution in [0.2, 0.25) is 0 Å². The van der Waals surface area contributed by atoms with Crippen molar-refractivity contribution in [2.45, 2.75) is 38.5 Å². The summed E-state index contributed by atoms with van der Waals surface area (Å²) in [6.45, 7) is 6.53. The van der Waals surface area contributed by atoms with Crippen LogP contribution in [0.4, 0.5) is 5.69 Å². The number of benzene rings is 3. The Balaban J connectivity index is 1.43. The molecule has 0 unspecified atom stereocenters. The summed E-state index contributed by atoms with van der Waals surface area (Å²) in [5.41, 5.74) is 7.08. The Morgan fingerprint density at radius 1 is 0.909 bits per heavy atom. The molecule has 4 heteroatoms. The summed E-state index contributed by atoms with van der Waals surface area (Å²) in [6, 6.07) is 29.0. The lowest BCUT2D eigenvalue weighted by molar-refractivity contribution is -0.122. The number of carbonyl (C=O) groups excluding carboxylic acids is 1. The molecule has 4 rings (SSSR count). The molecule has 0 aliphatic heterocycles. The minimum atomic E-state index is -0.272. The maximum Gasteiger partial charge on any atom is 0.244 e. The lowest BCUT2D eigenvalue weighted by Crippen LogP contribution is -2.25. The van der Waals surface area contributed by atoms with Crippen molar-refractivity contribution in [3.63, 3.8) is 0 Å². The summed E-state index contributed by atoms with van der Waals surface area (Å²) in [6.07, 6.45) is 4.77. The Kier molecular flexibility index (Phi) is 7.23. The highest BCUT2D eigenvalue weighted by atomic mass is 16.2. The Morgan fingerprint density at radius 2 is 1.45 bits per heavy atom. The number of hydrogen-bond donors (Lipinski definition) is 1. The number of rotatable bonds is 10. The number of nitrogens with zero attached hydrogens (tertiary/aromatic N) is 2. The van der Waals surface area contributed by atoms with Gasteiger partial charge in [-0.3, -0.25) is 4.79 Å². The number of carbonyl (C=O) groups is 1. The van der Waals surface area contributed by atoms with E-state index in [4.69, 9.17) is 0 Å². The van der Waals surface area contributed by atoms with E-state index >= 15 is 0 Å². The van der Waals surface area contributed by atoms with E-state index in [1.165, 1.54) is 16.8 Å². The monoisotopic (exact) mass is 439 g/mol. The molecule has 1 aliphatic rings. The van der Waals surface area contributed by atoms with E-state index in [9.17, 15) is 4.79 Å². The lowest BCUT2D eigenvalue weighted by Gasteiger charge is -2.23. The molecule has 3 aromatic rings. The van der Waals surface area contributed by atoms with Crippen LogP contribution in [0.15, 0.2) is 90.0 Å². The molecule has 170 valence electrons. The highest BCUT2D eigenvalue weighted by molar-refractivity contribution is 5.88. The molecule has 0 radical (unpaired) electrons. The fourth-order valence-electron chi connectivity index (χ4n) is 4.78. The number of anilines is 1. The lowest BCUT2D eigenvalue weighted by atomic mass is 9.85. The first-order valence-corrected chi connectivity index (χ1v) is 12.0. The summed E-state index contributed by atoms with van der Waals surface area (Å²) < 4.78 is 0. The van der Waals surface area contributed by atoms with Crippen LogP contribution < -0.4 is 10.3 Å². The van der Waals surface area contributed by atoms with E-state index in [1.807, 2.05) is 36.4 Å². The molecule has 1 fully saturated rings. The van der Waals surface area contributed by atoms with Crippen molar-refractivity contribution in [2.75, 3.05) is 18.0 Å². The maximum atomic E-state index is 13.0. The Labute approximate surface area is 197 Å². The molecule has 33 heavy (non-hydrogen) atoms. The van der Waals surface area contributed by atoms with Crippen molar-refractivity contribution >= 4 is 17.8 Å². The van der Waals surface area contributed by atoms with Crippen LogP contribution in [0.25, 0.3) is 0 Å². The maximum absolute atomic E-state index is 13.0. The van der Waals surface area contributed by atoms with Crippen LogP contribution in [0.1, 0.15) is 49.8 Å². The Hall–Kier alpha value is -3.40. The number of hydrogen-bond acceptors (Lipinski definition) is 3. The van der Waals surface area contributed by atoms with Gasteiger partial charge < -0.3 is 4.90 Å². The van der Waals surface area contributed by atoms with Crippen molar-refractivity contribution in [1.29, 1.82) is 0 Å². The van der Waals surface area contributed by atoms with Gasteiger partial charge in [0.25, 0.3) is 0 Å². The number of nitrogens with one attached hydrogen (secondary N) is 1. The molecule has 0 heterocycles. The van der Waals surface area contributed by atoms with Gasteiger partial charge in [0.05, 0.1) is 12.1 Å². The molecule has 4 nitrogen and oxygen atoms in total. The molecule has 1 aliphatic carbocycles. The first kappa shape index (κ1) is 22.8. The second-order valence-corrected chi connectivity index (χ2v) is 8.77.